The number of amides is 1. The molecule has 1 aromatic carbocycles. The van der Waals surface area contributed by atoms with Gasteiger partial charge in [0.1, 0.15) is 23.7 Å². The quantitative estimate of drug-likeness (QED) is 0.807. The van der Waals surface area contributed by atoms with E-state index in [1.807, 2.05) is 5.32 Å². The normalized spacial score (nSPS) is 9.44. The second-order valence-electron chi connectivity index (χ2n) is 3.19. The summed E-state index contributed by atoms with van der Waals surface area (Å²) in [4.78, 5) is 22.2. The summed E-state index contributed by atoms with van der Waals surface area (Å²) in [5.74, 6) is -4.19. The Balaban J connectivity index is 2.93. The Labute approximate surface area is 101 Å². The second kappa shape index (κ2) is 5.72. The predicted molar refractivity (Wildman–Crippen MR) is 55.4 cm³/mol. The number of halogens is 2. The van der Waals surface area contributed by atoms with E-state index in [-0.39, 0.29) is 5.56 Å². The molecule has 0 spiro atoms. The Morgan fingerprint density at radius 1 is 1.39 bits per heavy atom. The van der Waals surface area contributed by atoms with Gasteiger partial charge in [-0.05, 0) is 12.1 Å². The van der Waals surface area contributed by atoms with Gasteiger partial charge in [0.15, 0.2) is 0 Å². The van der Waals surface area contributed by atoms with E-state index in [4.69, 9.17) is 5.26 Å². The number of carbonyl (C=O) groups excluding carboxylic acids is 2. The van der Waals surface area contributed by atoms with Gasteiger partial charge in [-0.1, -0.05) is 0 Å². The number of nitriles is 1. The zero-order valence-electron chi connectivity index (χ0n) is 9.29. The van der Waals surface area contributed by atoms with Gasteiger partial charge in [-0.15, -0.1) is 0 Å². The third-order valence-electron chi connectivity index (χ3n) is 2.02. The van der Waals surface area contributed by atoms with Crippen molar-refractivity contribution in [2.45, 2.75) is 0 Å². The molecule has 0 aliphatic rings. The molecule has 5 nitrogen and oxygen atoms in total. The van der Waals surface area contributed by atoms with Crippen molar-refractivity contribution in [1.29, 1.82) is 5.26 Å². The summed E-state index contributed by atoms with van der Waals surface area (Å²) in [6, 6.07) is 3.01. The van der Waals surface area contributed by atoms with E-state index >= 15 is 0 Å². The SMILES string of the molecule is COC(=O)CNC(=O)c1c(F)cc(C#N)cc1F. The number of carbonyl (C=O) groups is 2. The second-order valence-corrected chi connectivity index (χ2v) is 3.19. The first-order valence-corrected chi connectivity index (χ1v) is 4.73. The summed E-state index contributed by atoms with van der Waals surface area (Å²) in [6.07, 6.45) is 0. The van der Waals surface area contributed by atoms with Crippen LogP contribution in [-0.2, 0) is 9.53 Å². The number of rotatable bonds is 3. The van der Waals surface area contributed by atoms with Crippen molar-refractivity contribution in [2.24, 2.45) is 0 Å². The molecule has 0 aromatic heterocycles. The molecular formula is C11H8F2N2O3. The minimum Gasteiger partial charge on any atom is -0.468 e. The van der Waals surface area contributed by atoms with Crippen LogP contribution in [0.1, 0.15) is 15.9 Å². The summed E-state index contributed by atoms with van der Waals surface area (Å²) in [5.41, 5.74) is -1.09. The smallest absolute Gasteiger partial charge is 0.325 e. The summed E-state index contributed by atoms with van der Waals surface area (Å²) >= 11 is 0. The van der Waals surface area contributed by atoms with Crippen LogP contribution < -0.4 is 5.32 Å². The summed E-state index contributed by atoms with van der Waals surface area (Å²) in [5, 5.41) is 10.5. The average molecular weight is 254 g/mol. The molecule has 0 saturated heterocycles. The zero-order valence-corrected chi connectivity index (χ0v) is 9.29. The Bertz CT molecular complexity index is 515. The fourth-order valence-electron chi connectivity index (χ4n) is 1.17. The number of ether oxygens (including phenoxy) is 1. The fourth-order valence-corrected chi connectivity index (χ4v) is 1.17. The lowest BCUT2D eigenvalue weighted by Gasteiger charge is -2.06. The van der Waals surface area contributed by atoms with Crippen LogP contribution >= 0.6 is 0 Å². The largest absolute Gasteiger partial charge is 0.468 e. The van der Waals surface area contributed by atoms with Gasteiger partial charge < -0.3 is 10.1 Å². The summed E-state index contributed by atoms with van der Waals surface area (Å²) < 4.78 is 31.0. The monoisotopic (exact) mass is 254 g/mol. The molecule has 1 aromatic rings. The number of benzene rings is 1. The van der Waals surface area contributed by atoms with Gasteiger partial charge in [0, 0.05) is 0 Å². The number of hydrogen-bond donors (Lipinski definition) is 1. The van der Waals surface area contributed by atoms with E-state index in [0.29, 0.717) is 0 Å². The van der Waals surface area contributed by atoms with Crippen LogP contribution in [0, 0.1) is 23.0 Å². The van der Waals surface area contributed by atoms with E-state index in [9.17, 15) is 18.4 Å². The molecular weight excluding hydrogens is 246 g/mol. The maximum Gasteiger partial charge on any atom is 0.325 e. The Morgan fingerprint density at radius 2 is 1.94 bits per heavy atom. The first kappa shape index (κ1) is 13.6. The van der Waals surface area contributed by atoms with Gasteiger partial charge in [-0.25, -0.2) is 8.78 Å². The first-order valence-electron chi connectivity index (χ1n) is 4.73. The van der Waals surface area contributed by atoms with Crippen LogP contribution in [0.25, 0.3) is 0 Å². The Kier molecular flexibility index (Phi) is 4.32. The highest BCUT2D eigenvalue weighted by atomic mass is 19.1. The molecule has 1 amide bonds. The molecule has 1 rings (SSSR count). The number of methoxy groups -OCH3 is 1. The lowest BCUT2D eigenvalue weighted by molar-refractivity contribution is -0.139. The van der Waals surface area contributed by atoms with Crippen molar-refractivity contribution >= 4 is 11.9 Å². The van der Waals surface area contributed by atoms with Crippen LogP contribution in [0.3, 0.4) is 0 Å². The third kappa shape index (κ3) is 3.01. The summed E-state index contributed by atoms with van der Waals surface area (Å²) in [6.45, 7) is -0.506. The highest BCUT2D eigenvalue weighted by Crippen LogP contribution is 2.14. The molecule has 0 heterocycles. The Morgan fingerprint density at radius 3 is 2.39 bits per heavy atom. The first-order chi connectivity index (χ1) is 8.49. The number of hydrogen-bond acceptors (Lipinski definition) is 4. The van der Waals surface area contributed by atoms with Gasteiger partial charge in [0.05, 0.1) is 18.7 Å². The maximum atomic E-state index is 13.4. The topological polar surface area (TPSA) is 79.2 Å². The molecule has 0 aliphatic heterocycles. The van der Waals surface area contributed by atoms with E-state index in [1.165, 1.54) is 0 Å². The molecule has 18 heavy (non-hydrogen) atoms. The lowest BCUT2D eigenvalue weighted by atomic mass is 10.1. The van der Waals surface area contributed by atoms with Gasteiger partial charge in [0.2, 0.25) is 0 Å². The van der Waals surface area contributed by atoms with Crippen LogP contribution in [0.2, 0.25) is 0 Å². The number of nitrogens with one attached hydrogen (secondary N) is 1. The highest BCUT2D eigenvalue weighted by molar-refractivity contribution is 5.96. The minimum absolute atomic E-state index is 0.241. The van der Waals surface area contributed by atoms with Crippen molar-refractivity contribution < 1.29 is 23.1 Å². The van der Waals surface area contributed by atoms with E-state index < -0.39 is 35.6 Å². The van der Waals surface area contributed by atoms with Crippen molar-refractivity contribution in [3.05, 3.63) is 34.9 Å². The predicted octanol–water partition coefficient (Wildman–Crippen LogP) is 0.739. The standard InChI is InChI=1S/C11H8F2N2O3/c1-18-9(16)5-15-11(17)10-7(12)2-6(4-14)3-8(10)13/h2-3H,5H2,1H3,(H,15,17). The van der Waals surface area contributed by atoms with Crippen LogP contribution in [0.15, 0.2) is 12.1 Å². The average Bonchev–Trinajstić information content (AvgIpc) is 2.34. The van der Waals surface area contributed by atoms with Crippen LogP contribution in [0.4, 0.5) is 8.78 Å². The molecule has 0 fully saturated rings. The van der Waals surface area contributed by atoms with Crippen molar-refractivity contribution in [2.75, 3.05) is 13.7 Å². The third-order valence-corrected chi connectivity index (χ3v) is 2.02. The van der Waals surface area contributed by atoms with Crippen LogP contribution in [0.5, 0.6) is 0 Å². The van der Waals surface area contributed by atoms with Gasteiger partial charge in [-0.2, -0.15) is 5.26 Å². The molecule has 0 radical (unpaired) electrons. The fraction of sp³-hybridized carbons (Fsp3) is 0.182. The number of esters is 1. The molecule has 7 heteroatoms. The Hall–Kier alpha value is -2.49. The van der Waals surface area contributed by atoms with E-state index in [1.54, 1.807) is 6.07 Å². The molecule has 0 bridgehead atoms. The maximum absolute atomic E-state index is 13.4. The van der Waals surface area contributed by atoms with Crippen molar-refractivity contribution in [1.82, 2.24) is 5.32 Å². The minimum atomic E-state index is -1.17. The van der Waals surface area contributed by atoms with E-state index in [2.05, 4.69) is 4.74 Å². The molecule has 0 unspecified atom stereocenters. The molecule has 0 atom stereocenters. The molecule has 0 aliphatic carbocycles. The zero-order chi connectivity index (χ0) is 13.7. The number of nitrogens with zero attached hydrogens (tertiary/aromatic N) is 1. The highest BCUT2D eigenvalue weighted by Gasteiger charge is 2.19. The molecule has 1 N–H and O–H groups in total. The van der Waals surface area contributed by atoms with Crippen molar-refractivity contribution in [3.63, 3.8) is 0 Å². The van der Waals surface area contributed by atoms with Gasteiger partial charge in [-0.3, -0.25) is 9.59 Å². The van der Waals surface area contributed by atoms with Crippen LogP contribution in [-0.4, -0.2) is 25.5 Å². The molecule has 0 saturated carbocycles. The van der Waals surface area contributed by atoms with Gasteiger partial charge in [0.25, 0.3) is 5.91 Å². The molecule has 94 valence electrons. The van der Waals surface area contributed by atoms with Crippen molar-refractivity contribution in [3.8, 4) is 6.07 Å². The van der Waals surface area contributed by atoms with E-state index in [0.717, 1.165) is 19.2 Å². The summed E-state index contributed by atoms with van der Waals surface area (Å²) in [7, 11) is 1.11. The van der Waals surface area contributed by atoms with Gasteiger partial charge >= 0.3 is 5.97 Å². The lowest BCUT2D eigenvalue weighted by Crippen LogP contribution is -2.31.